The summed E-state index contributed by atoms with van der Waals surface area (Å²) in [7, 11) is -0.445. The number of aromatic nitrogens is 3. The minimum Gasteiger partial charge on any atom is -0.398 e. The van der Waals surface area contributed by atoms with Crippen molar-refractivity contribution in [1.29, 1.82) is 0 Å². The van der Waals surface area contributed by atoms with Crippen molar-refractivity contribution in [2.45, 2.75) is 52.2 Å². The summed E-state index contributed by atoms with van der Waals surface area (Å²) in [6, 6.07) is 12.2. The number of benzene rings is 1. The lowest BCUT2D eigenvalue weighted by Gasteiger charge is -2.32. The highest BCUT2D eigenvalue weighted by atomic mass is 16.7. The third kappa shape index (κ3) is 2.64. The van der Waals surface area contributed by atoms with Crippen LogP contribution in [0, 0.1) is 0 Å². The Morgan fingerprint density at radius 1 is 1.00 bits per heavy atom. The van der Waals surface area contributed by atoms with E-state index in [1.54, 1.807) is 0 Å². The minimum atomic E-state index is -0.445. The maximum Gasteiger partial charge on any atom is 0.514 e. The standard InChI is InChI=1S/C20H24BN3O2/c1-6-18-23-15-9-7-8-10-16(15)24(18)14-11-12-17(22-13-14)21-25-19(2,3)20(4,5)26-21/h7-13H,6H2,1-5H3. The molecule has 6 heteroatoms. The molecule has 1 aromatic carbocycles. The van der Waals surface area contributed by atoms with E-state index in [1.807, 2.05) is 58.2 Å². The van der Waals surface area contributed by atoms with E-state index < -0.39 is 7.12 Å². The number of rotatable bonds is 3. The quantitative estimate of drug-likeness (QED) is 0.681. The number of para-hydroxylation sites is 2. The molecular weight excluding hydrogens is 325 g/mol. The Bertz CT molecular complexity index is 931. The van der Waals surface area contributed by atoms with Gasteiger partial charge in [-0.2, -0.15) is 0 Å². The molecule has 5 nitrogen and oxygen atoms in total. The van der Waals surface area contributed by atoms with Crippen molar-refractivity contribution in [2.24, 2.45) is 0 Å². The van der Waals surface area contributed by atoms with Gasteiger partial charge in [-0.3, -0.25) is 9.55 Å². The molecule has 4 rings (SSSR count). The summed E-state index contributed by atoms with van der Waals surface area (Å²) in [6.07, 6.45) is 2.72. The van der Waals surface area contributed by atoms with Crippen molar-refractivity contribution in [3.8, 4) is 5.69 Å². The minimum absolute atomic E-state index is 0.367. The summed E-state index contributed by atoms with van der Waals surface area (Å²) in [4.78, 5) is 9.36. The maximum atomic E-state index is 6.09. The predicted octanol–water partition coefficient (Wildman–Crippen LogP) is 3.28. The third-order valence-corrected chi connectivity index (χ3v) is 5.47. The Morgan fingerprint density at radius 2 is 1.69 bits per heavy atom. The van der Waals surface area contributed by atoms with Gasteiger partial charge in [0.25, 0.3) is 0 Å². The first-order valence-electron chi connectivity index (χ1n) is 9.11. The lowest BCUT2D eigenvalue weighted by atomic mass is 9.84. The second kappa shape index (κ2) is 5.93. The molecule has 1 saturated heterocycles. The van der Waals surface area contributed by atoms with Gasteiger partial charge in [-0.1, -0.05) is 19.1 Å². The fourth-order valence-electron chi connectivity index (χ4n) is 3.23. The summed E-state index contributed by atoms with van der Waals surface area (Å²) < 4.78 is 14.3. The van der Waals surface area contributed by atoms with Gasteiger partial charge < -0.3 is 9.31 Å². The van der Waals surface area contributed by atoms with Gasteiger partial charge in [-0.15, -0.1) is 0 Å². The van der Waals surface area contributed by atoms with Crippen LogP contribution in [0.25, 0.3) is 16.7 Å². The van der Waals surface area contributed by atoms with Crippen LogP contribution >= 0.6 is 0 Å². The summed E-state index contributed by atoms with van der Waals surface area (Å²) in [5.41, 5.74) is 3.14. The van der Waals surface area contributed by atoms with E-state index in [-0.39, 0.29) is 11.2 Å². The molecule has 0 unspecified atom stereocenters. The van der Waals surface area contributed by atoms with Crippen LogP contribution < -0.4 is 5.59 Å². The molecule has 0 aliphatic carbocycles. The first-order valence-corrected chi connectivity index (χ1v) is 9.11. The Hall–Kier alpha value is -2.18. The predicted molar refractivity (Wildman–Crippen MR) is 104 cm³/mol. The molecule has 0 N–H and O–H groups in total. The Balaban J connectivity index is 1.70. The van der Waals surface area contributed by atoms with Crippen LogP contribution in [-0.4, -0.2) is 32.9 Å². The normalized spacial score (nSPS) is 18.6. The van der Waals surface area contributed by atoms with E-state index in [9.17, 15) is 0 Å². The van der Waals surface area contributed by atoms with Gasteiger partial charge in [-0.05, 0) is 52.0 Å². The average Bonchev–Trinajstić information content (AvgIpc) is 3.09. The fraction of sp³-hybridized carbons (Fsp3) is 0.400. The SMILES string of the molecule is CCc1nc2ccccc2n1-c1ccc(B2OC(C)(C)C(C)(C)O2)nc1. The molecule has 134 valence electrons. The first-order chi connectivity index (χ1) is 12.3. The Labute approximate surface area is 154 Å². The molecule has 26 heavy (non-hydrogen) atoms. The molecule has 1 fully saturated rings. The van der Waals surface area contributed by atoms with Crippen molar-refractivity contribution < 1.29 is 9.31 Å². The highest BCUT2D eigenvalue weighted by Gasteiger charge is 2.52. The van der Waals surface area contributed by atoms with E-state index in [4.69, 9.17) is 14.3 Å². The molecule has 1 aliphatic rings. The van der Waals surface area contributed by atoms with E-state index >= 15 is 0 Å². The second-order valence-corrected chi connectivity index (χ2v) is 7.74. The zero-order valence-corrected chi connectivity index (χ0v) is 16.0. The van der Waals surface area contributed by atoms with Gasteiger partial charge >= 0.3 is 7.12 Å². The number of imidazole rings is 1. The van der Waals surface area contributed by atoms with Gasteiger partial charge in [0.15, 0.2) is 0 Å². The molecule has 1 aliphatic heterocycles. The van der Waals surface area contributed by atoms with Crippen molar-refractivity contribution in [1.82, 2.24) is 14.5 Å². The van der Waals surface area contributed by atoms with E-state index in [0.29, 0.717) is 0 Å². The molecule has 3 heterocycles. The summed E-state index contributed by atoms with van der Waals surface area (Å²) in [5, 5.41) is 0. The van der Waals surface area contributed by atoms with Gasteiger partial charge in [0.1, 0.15) is 5.82 Å². The highest BCUT2D eigenvalue weighted by molar-refractivity contribution is 6.61. The van der Waals surface area contributed by atoms with Crippen LogP contribution in [0.15, 0.2) is 42.6 Å². The Morgan fingerprint density at radius 3 is 2.31 bits per heavy atom. The van der Waals surface area contributed by atoms with Crippen LogP contribution in [0.1, 0.15) is 40.4 Å². The number of hydrogen-bond acceptors (Lipinski definition) is 4. The van der Waals surface area contributed by atoms with Crippen molar-refractivity contribution >= 4 is 23.7 Å². The second-order valence-electron chi connectivity index (χ2n) is 7.74. The number of nitrogens with zero attached hydrogens (tertiary/aromatic N) is 3. The summed E-state index contributed by atoms with van der Waals surface area (Å²) >= 11 is 0. The fourth-order valence-corrected chi connectivity index (χ4v) is 3.23. The summed E-state index contributed by atoms with van der Waals surface area (Å²) in [6.45, 7) is 10.3. The van der Waals surface area contributed by atoms with Gasteiger partial charge in [0.05, 0.1) is 39.7 Å². The van der Waals surface area contributed by atoms with Crippen molar-refractivity contribution in [2.75, 3.05) is 0 Å². The molecule has 0 saturated carbocycles. The highest BCUT2D eigenvalue weighted by Crippen LogP contribution is 2.36. The third-order valence-electron chi connectivity index (χ3n) is 5.47. The zero-order valence-electron chi connectivity index (χ0n) is 16.0. The van der Waals surface area contributed by atoms with Crippen LogP contribution in [0.4, 0.5) is 0 Å². The molecule has 3 aromatic rings. The number of aryl methyl sites for hydroxylation is 1. The molecule has 0 spiro atoms. The van der Waals surface area contributed by atoms with Crippen molar-refractivity contribution in [3.63, 3.8) is 0 Å². The number of fused-ring (bicyclic) bond motifs is 1. The van der Waals surface area contributed by atoms with Gasteiger partial charge in [-0.25, -0.2) is 4.98 Å². The zero-order chi connectivity index (χ0) is 18.5. The first kappa shape index (κ1) is 17.2. The lowest BCUT2D eigenvalue weighted by molar-refractivity contribution is 0.00578. The monoisotopic (exact) mass is 349 g/mol. The molecule has 0 amide bonds. The number of pyridine rings is 1. The largest absolute Gasteiger partial charge is 0.514 e. The molecule has 0 radical (unpaired) electrons. The maximum absolute atomic E-state index is 6.09. The number of hydrogen-bond donors (Lipinski definition) is 0. The Kier molecular flexibility index (Phi) is 3.93. The van der Waals surface area contributed by atoms with Gasteiger partial charge in [0.2, 0.25) is 0 Å². The smallest absolute Gasteiger partial charge is 0.398 e. The van der Waals surface area contributed by atoms with E-state index in [2.05, 4.69) is 28.6 Å². The molecule has 2 aromatic heterocycles. The lowest BCUT2D eigenvalue weighted by Crippen LogP contribution is -2.41. The van der Waals surface area contributed by atoms with Crippen LogP contribution in [-0.2, 0) is 15.7 Å². The van der Waals surface area contributed by atoms with Gasteiger partial charge in [0, 0.05) is 6.42 Å². The summed E-state index contributed by atoms with van der Waals surface area (Å²) in [5.74, 6) is 1.02. The van der Waals surface area contributed by atoms with Crippen LogP contribution in [0.3, 0.4) is 0 Å². The van der Waals surface area contributed by atoms with Crippen LogP contribution in [0.5, 0.6) is 0 Å². The molecule has 0 atom stereocenters. The van der Waals surface area contributed by atoms with Crippen LogP contribution in [0.2, 0.25) is 0 Å². The average molecular weight is 349 g/mol. The topological polar surface area (TPSA) is 49.2 Å². The molecular formula is C20H24BN3O2. The van der Waals surface area contributed by atoms with E-state index in [0.717, 1.165) is 34.6 Å². The van der Waals surface area contributed by atoms with Crippen molar-refractivity contribution in [3.05, 3.63) is 48.4 Å². The molecule has 0 bridgehead atoms. The van der Waals surface area contributed by atoms with E-state index in [1.165, 1.54) is 0 Å².